The average molecular weight is 287 g/mol. The Balaban J connectivity index is 1.66. The van der Waals surface area contributed by atoms with Crippen LogP contribution in [-0.2, 0) is 6.42 Å². The normalized spacial score (nSPS) is 10.9. The molecule has 0 atom stereocenters. The number of fused-ring (bicyclic) bond motifs is 1. The first kappa shape index (κ1) is 13.1. The Hall–Kier alpha value is -2.90. The Labute approximate surface area is 118 Å². The van der Waals surface area contributed by atoms with Crippen molar-refractivity contribution in [1.29, 1.82) is 0 Å². The van der Waals surface area contributed by atoms with Gasteiger partial charge in [0.2, 0.25) is 0 Å². The number of hydrogen-bond donors (Lipinski definition) is 2. The van der Waals surface area contributed by atoms with E-state index in [-0.39, 0.29) is 5.91 Å². The number of hydrogen-bond acceptors (Lipinski definition) is 5. The van der Waals surface area contributed by atoms with E-state index in [1.807, 2.05) is 29.5 Å². The quantitative estimate of drug-likeness (QED) is 0.717. The zero-order valence-corrected chi connectivity index (χ0v) is 11.3. The van der Waals surface area contributed by atoms with Gasteiger partial charge in [0.15, 0.2) is 5.82 Å². The lowest BCUT2D eigenvalue weighted by Crippen LogP contribution is -2.26. The molecule has 0 aliphatic carbocycles. The Morgan fingerprint density at radius 2 is 2.33 bits per heavy atom. The van der Waals surface area contributed by atoms with Crippen LogP contribution >= 0.6 is 0 Å². The van der Waals surface area contributed by atoms with Crippen LogP contribution in [0.1, 0.15) is 22.0 Å². The molecule has 0 aliphatic heterocycles. The summed E-state index contributed by atoms with van der Waals surface area (Å²) in [5.41, 5.74) is 2.07. The maximum Gasteiger partial charge on any atom is 0.438 e. The number of H-pyrrole nitrogens is 1. The van der Waals surface area contributed by atoms with Gasteiger partial charge >= 0.3 is 5.76 Å². The Morgan fingerprint density at radius 1 is 1.48 bits per heavy atom. The maximum absolute atomic E-state index is 12.0. The fourth-order valence-electron chi connectivity index (χ4n) is 2.01. The van der Waals surface area contributed by atoms with E-state index in [0.29, 0.717) is 24.5 Å². The molecular formula is C13H13N5O3. The summed E-state index contributed by atoms with van der Waals surface area (Å²) in [5, 5.41) is 6.24. The van der Waals surface area contributed by atoms with Crippen LogP contribution in [0.2, 0.25) is 0 Å². The van der Waals surface area contributed by atoms with Gasteiger partial charge in [0, 0.05) is 24.9 Å². The lowest BCUT2D eigenvalue weighted by molar-refractivity contribution is 0.0949. The predicted octanol–water partition coefficient (Wildman–Crippen LogP) is 0.292. The van der Waals surface area contributed by atoms with E-state index < -0.39 is 5.76 Å². The van der Waals surface area contributed by atoms with Crippen molar-refractivity contribution in [2.45, 2.75) is 13.3 Å². The second-order valence-electron chi connectivity index (χ2n) is 4.57. The zero-order valence-electron chi connectivity index (χ0n) is 11.3. The van der Waals surface area contributed by atoms with Crippen molar-refractivity contribution in [2.75, 3.05) is 6.54 Å². The second kappa shape index (κ2) is 5.23. The molecule has 0 radical (unpaired) electrons. The van der Waals surface area contributed by atoms with Crippen molar-refractivity contribution >= 4 is 11.6 Å². The van der Waals surface area contributed by atoms with E-state index >= 15 is 0 Å². The summed E-state index contributed by atoms with van der Waals surface area (Å²) < 4.78 is 6.22. The number of nitrogens with one attached hydrogen (secondary N) is 2. The van der Waals surface area contributed by atoms with Gasteiger partial charge in [-0.3, -0.25) is 14.3 Å². The van der Waals surface area contributed by atoms with E-state index in [2.05, 4.69) is 25.0 Å². The molecule has 3 aromatic rings. The molecule has 1 amide bonds. The van der Waals surface area contributed by atoms with Gasteiger partial charge in [0.1, 0.15) is 11.3 Å². The van der Waals surface area contributed by atoms with Crippen molar-refractivity contribution in [3.05, 3.63) is 52.2 Å². The zero-order chi connectivity index (χ0) is 14.8. The first-order valence-electron chi connectivity index (χ1n) is 6.41. The van der Waals surface area contributed by atoms with Gasteiger partial charge in [0.25, 0.3) is 5.91 Å². The van der Waals surface area contributed by atoms with Crippen LogP contribution in [0.3, 0.4) is 0 Å². The molecule has 0 fully saturated rings. The molecule has 3 rings (SSSR count). The highest BCUT2D eigenvalue weighted by Crippen LogP contribution is 2.08. The maximum atomic E-state index is 12.0. The Morgan fingerprint density at radius 3 is 3.05 bits per heavy atom. The summed E-state index contributed by atoms with van der Waals surface area (Å²) in [5.74, 6) is -0.484. The minimum absolute atomic E-state index is 0.274. The van der Waals surface area contributed by atoms with Crippen molar-refractivity contribution in [3.63, 3.8) is 0 Å². The molecule has 0 saturated carbocycles. The molecule has 8 heteroatoms. The monoisotopic (exact) mass is 287 g/mol. The molecule has 0 aromatic carbocycles. The third kappa shape index (κ3) is 2.69. The van der Waals surface area contributed by atoms with Crippen LogP contribution in [0.15, 0.2) is 33.7 Å². The summed E-state index contributed by atoms with van der Waals surface area (Å²) >= 11 is 0. The number of aromatic amines is 1. The summed E-state index contributed by atoms with van der Waals surface area (Å²) in [6.45, 7) is 2.27. The molecule has 0 spiro atoms. The smallest absolute Gasteiger partial charge is 0.350 e. The van der Waals surface area contributed by atoms with Crippen molar-refractivity contribution in [3.8, 4) is 0 Å². The van der Waals surface area contributed by atoms with Crippen LogP contribution in [0.4, 0.5) is 0 Å². The number of nitrogens with zero attached hydrogens (tertiary/aromatic N) is 3. The summed E-state index contributed by atoms with van der Waals surface area (Å²) in [4.78, 5) is 29.4. The largest absolute Gasteiger partial charge is 0.438 e. The van der Waals surface area contributed by atoms with Gasteiger partial charge in [-0.2, -0.15) is 0 Å². The summed E-state index contributed by atoms with van der Waals surface area (Å²) in [6, 6.07) is 5.67. The van der Waals surface area contributed by atoms with E-state index in [1.165, 1.54) is 0 Å². The standard InChI is InChI=1S/C13H13N5O3/c1-8-3-2-4-11-15-9(7-18(8)11)12(19)14-6-5-10-16-13(20)21-17-10/h2-4,7H,5-6H2,1H3,(H,14,19)(H,16,17,20). The van der Waals surface area contributed by atoms with Gasteiger partial charge < -0.3 is 9.72 Å². The number of carbonyl (C=O) groups excluding carboxylic acids is 1. The van der Waals surface area contributed by atoms with Crippen LogP contribution in [-0.4, -0.2) is 32.0 Å². The van der Waals surface area contributed by atoms with E-state index in [4.69, 9.17) is 0 Å². The third-order valence-corrected chi connectivity index (χ3v) is 3.06. The molecule has 3 aromatic heterocycles. The number of pyridine rings is 1. The lowest BCUT2D eigenvalue weighted by atomic mass is 10.3. The molecule has 0 unspecified atom stereocenters. The number of amides is 1. The molecule has 0 aliphatic rings. The molecule has 0 saturated heterocycles. The summed E-state index contributed by atoms with van der Waals surface area (Å²) in [7, 11) is 0. The third-order valence-electron chi connectivity index (χ3n) is 3.06. The van der Waals surface area contributed by atoms with Crippen molar-refractivity contribution in [2.24, 2.45) is 0 Å². The minimum atomic E-state index is -0.604. The fraction of sp³-hybridized carbons (Fsp3) is 0.231. The van der Waals surface area contributed by atoms with Gasteiger partial charge in [0.05, 0.1) is 0 Å². The van der Waals surface area contributed by atoms with Crippen molar-refractivity contribution in [1.82, 2.24) is 24.8 Å². The predicted molar refractivity (Wildman–Crippen MR) is 73.1 cm³/mol. The highest BCUT2D eigenvalue weighted by Gasteiger charge is 2.11. The molecule has 108 valence electrons. The van der Waals surface area contributed by atoms with Crippen LogP contribution in [0, 0.1) is 6.92 Å². The SMILES string of the molecule is Cc1cccc2nc(C(=O)NCCc3noc(=O)[nH]3)cn12. The lowest BCUT2D eigenvalue weighted by Gasteiger charge is -1.99. The molecule has 2 N–H and O–H groups in total. The van der Waals surface area contributed by atoms with Gasteiger partial charge in [-0.15, -0.1) is 0 Å². The van der Waals surface area contributed by atoms with E-state index in [1.54, 1.807) is 6.20 Å². The topological polar surface area (TPSA) is 105 Å². The van der Waals surface area contributed by atoms with Crippen molar-refractivity contribution < 1.29 is 9.32 Å². The van der Waals surface area contributed by atoms with Crippen LogP contribution < -0.4 is 11.1 Å². The number of carbonyl (C=O) groups is 1. The Kier molecular flexibility index (Phi) is 3.27. The minimum Gasteiger partial charge on any atom is -0.350 e. The summed E-state index contributed by atoms with van der Waals surface area (Å²) in [6.07, 6.45) is 2.07. The number of imidazole rings is 1. The van der Waals surface area contributed by atoms with E-state index in [9.17, 15) is 9.59 Å². The first-order chi connectivity index (χ1) is 10.1. The highest BCUT2D eigenvalue weighted by atomic mass is 16.5. The molecule has 8 nitrogen and oxygen atoms in total. The van der Waals surface area contributed by atoms with E-state index in [0.717, 1.165) is 11.3 Å². The molecule has 3 heterocycles. The Bertz CT molecular complexity index is 845. The molecule has 0 bridgehead atoms. The van der Waals surface area contributed by atoms with Gasteiger partial charge in [-0.25, -0.2) is 9.78 Å². The number of aromatic nitrogens is 4. The second-order valence-corrected chi connectivity index (χ2v) is 4.57. The average Bonchev–Trinajstić information content (AvgIpc) is 3.06. The van der Waals surface area contributed by atoms with Crippen LogP contribution in [0.25, 0.3) is 5.65 Å². The molecular weight excluding hydrogens is 274 g/mol. The fourth-order valence-corrected chi connectivity index (χ4v) is 2.01. The highest BCUT2D eigenvalue weighted by molar-refractivity contribution is 5.92. The first-order valence-corrected chi connectivity index (χ1v) is 6.41. The van der Waals surface area contributed by atoms with Crippen LogP contribution in [0.5, 0.6) is 0 Å². The van der Waals surface area contributed by atoms with Gasteiger partial charge in [-0.05, 0) is 19.1 Å². The number of aryl methyl sites for hydroxylation is 1. The number of rotatable bonds is 4. The van der Waals surface area contributed by atoms with Gasteiger partial charge in [-0.1, -0.05) is 11.2 Å². The molecule has 21 heavy (non-hydrogen) atoms.